The summed E-state index contributed by atoms with van der Waals surface area (Å²) >= 11 is 5.97. The summed E-state index contributed by atoms with van der Waals surface area (Å²) in [7, 11) is 0. The molecule has 20 heavy (non-hydrogen) atoms. The van der Waals surface area contributed by atoms with Crippen LogP contribution in [-0.4, -0.2) is 9.78 Å². The van der Waals surface area contributed by atoms with Gasteiger partial charge in [-0.2, -0.15) is 5.10 Å². The number of hydrogen-bond donors (Lipinski definition) is 1. The number of halogens is 1. The van der Waals surface area contributed by atoms with E-state index < -0.39 is 5.54 Å². The van der Waals surface area contributed by atoms with Gasteiger partial charge in [-0.1, -0.05) is 11.6 Å². The van der Waals surface area contributed by atoms with Gasteiger partial charge in [-0.05, 0) is 51.5 Å². The Labute approximate surface area is 123 Å². The minimum atomic E-state index is -0.785. The fraction of sp³-hybridized carbons (Fsp3) is 0.333. The number of nitrogens with zero attached hydrogens (tertiary/aromatic N) is 2. The van der Waals surface area contributed by atoms with E-state index in [1.807, 2.05) is 26.0 Å². The Balaban J connectivity index is 2.72. The van der Waals surface area contributed by atoms with Gasteiger partial charge in [0.25, 0.3) is 0 Å². The lowest BCUT2D eigenvalue weighted by molar-refractivity contribution is 0.510. The topological polar surface area (TPSA) is 60.9 Å². The van der Waals surface area contributed by atoms with Crippen molar-refractivity contribution in [3.05, 3.63) is 56.5 Å². The summed E-state index contributed by atoms with van der Waals surface area (Å²) in [6.07, 6.45) is 0. The first-order chi connectivity index (χ1) is 9.20. The predicted molar refractivity (Wildman–Crippen MR) is 81.5 cm³/mol. The zero-order valence-electron chi connectivity index (χ0n) is 12.1. The molecule has 0 unspecified atom stereocenters. The standard InChI is InChI=1S/C15H18ClN3O/c1-9-7-11(16)5-6-12(9)19-10(2)8-13(20)14(18-19)15(3,4)17/h5-8H,17H2,1-4H3. The fourth-order valence-electron chi connectivity index (χ4n) is 2.09. The summed E-state index contributed by atoms with van der Waals surface area (Å²) < 4.78 is 1.73. The van der Waals surface area contributed by atoms with Crippen LogP contribution in [0.4, 0.5) is 0 Å². The molecule has 1 aromatic carbocycles. The molecule has 0 aliphatic carbocycles. The van der Waals surface area contributed by atoms with Gasteiger partial charge in [-0.25, -0.2) is 4.68 Å². The van der Waals surface area contributed by atoms with E-state index in [2.05, 4.69) is 5.10 Å². The molecule has 0 radical (unpaired) electrons. The maximum absolute atomic E-state index is 12.0. The molecule has 2 N–H and O–H groups in total. The smallest absolute Gasteiger partial charge is 0.205 e. The Bertz CT molecular complexity index is 714. The predicted octanol–water partition coefficient (Wildman–Crippen LogP) is 2.70. The number of benzene rings is 1. The van der Waals surface area contributed by atoms with Gasteiger partial charge in [0, 0.05) is 16.8 Å². The molecule has 2 aromatic rings. The van der Waals surface area contributed by atoms with E-state index in [1.54, 1.807) is 30.7 Å². The van der Waals surface area contributed by atoms with E-state index >= 15 is 0 Å². The minimum Gasteiger partial charge on any atom is -0.320 e. The van der Waals surface area contributed by atoms with Crippen LogP contribution < -0.4 is 11.2 Å². The highest BCUT2D eigenvalue weighted by atomic mass is 35.5. The lowest BCUT2D eigenvalue weighted by atomic mass is 10.0. The molecule has 1 heterocycles. The van der Waals surface area contributed by atoms with Crippen molar-refractivity contribution in [2.45, 2.75) is 33.2 Å². The van der Waals surface area contributed by atoms with Crippen molar-refractivity contribution in [1.29, 1.82) is 0 Å². The molecule has 0 saturated heterocycles. The Morgan fingerprint density at radius 3 is 2.45 bits per heavy atom. The quantitative estimate of drug-likeness (QED) is 0.925. The third kappa shape index (κ3) is 2.76. The number of hydrogen-bond acceptors (Lipinski definition) is 3. The molecule has 0 amide bonds. The van der Waals surface area contributed by atoms with Gasteiger partial charge >= 0.3 is 0 Å². The van der Waals surface area contributed by atoms with Gasteiger partial charge in [0.15, 0.2) is 0 Å². The highest BCUT2D eigenvalue weighted by molar-refractivity contribution is 6.30. The molecule has 4 nitrogen and oxygen atoms in total. The second-order valence-corrected chi connectivity index (χ2v) is 6.00. The van der Waals surface area contributed by atoms with Crippen molar-refractivity contribution in [3.63, 3.8) is 0 Å². The lowest BCUT2D eigenvalue weighted by Crippen LogP contribution is -2.37. The van der Waals surface area contributed by atoms with Crippen LogP contribution in [0, 0.1) is 13.8 Å². The third-order valence-corrected chi connectivity index (χ3v) is 3.34. The van der Waals surface area contributed by atoms with Crippen molar-refractivity contribution in [2.75, 3.05) is 0 Å². The summed E-state index contributed by atoms with van der Waals surface area (Å²) in [5.41, 5.74) is 8.07. The third-order valence-electron chi connectivity index (χ3n) is 3.10. The molecule has 2 rings (SSSR count). The van der Waals surface area contributed by atoms with Crippen LogP contribution in [0.25, 0.3) is 5.69 Å². The Hall–Kier alpha value is -1.65. The second-order valence-electron chi connectivity index (χ2n) is 5.56. The zero-order valence-corrected chi connectivity index (χ0v) is 12.8. The van der Waals surface area contributed by atoms with Gasteiger partial charge in [0.05, 0.1) is 11.2 Å². The highest BCUT2D eigenvalue weighted by Gasteiger charge is 2.21. The van der Waals surface area contributed by atoms with Gasteiger partial charge in [0.1, 0.15) is 5.69 Å². The van der Waals surface area contributed by atoms with Crippen molar-refractivity contribution < 1.29 is 0 Å². The van der Waals surface area contributed by atoms with Crippen LogP contribution in [0.1, 0.15) is 30.8 Å². The summed E-state index contributed by atoms with van der Waals surface area (Å²) in [5, 5.41) is 5.11. The Kier molecular flexibility index (Phi) is 3.71. The molecule has 0 bridgehead atoms. The minimum absolute atomic E-state index is 0.141. The molecule has 106 valence electrons. The van der Waals surface area contributed by atoms with Crippen molar-refractivity contribution in [2.24, 2.45) is 5.73 Å². The van der Waals surface area contributed by atoms with Gasteiger partial charge in [0.2, 0.25) is 5.43 Å². The van der Waals surface area contributed by atoms with Crippen molar-refractivity contribution in [3.8, 4) is 5.69 Å². The molecular formula is C15H18ClN3O. The molecule has 0 saturated carbocycles. The molecule has 0 aliphatic heterocycles. The molecular weight excluding hydrogens is 274 g/mol. The van der Waals surface area contributed by atoms with Crippen LogP contribution in [0.5, 0.6) is 0 Å². The zero-order chi connectivity index (χ0) is 15.1. The van der Waals surface area contributed by atoms with Crippen LogP contribution in [-0.2, 0) is 5.54 Å². The summed E-state index contributed by atoms with van der Waals surface area (Å²) in [5.74, 6) is 0. The fourth-order valence-corrected chi connectivity index (χ4v) is 2.32. The highest BCUT2D eigenvalue weighted by Crippen LogP contribution is 2.20. The van der Waals surface area contributed by atoms with E-state index in [9.17, 15) is 4.79 Å². The van der Waals surface area contributed by atoms with Crippen molar-refractivity contribution >= 4 is 11.6 Å². The molecule has 0 fully saturated rings. The first-order valence-electron chi connectivity index (χ1n) is 6.37. The monoisotopic (exact) mass is 291 g/mol. The summed E-state index contributed by atoms with van der Waals surface area (Å²) in [6.45, 7) is 7.33. The number of aryl methyl sites for hydroxylation is 2. The normalized spacial score (nSPS) is 11.7. The lowest BCUT2D eigenvalue weighted by Gasteiger charge is -2.20. The van der Waals surface area contributed by atoms with Crippen LogP contribution in [0.3, 0.4) is 0 Å². The average molecular weight is 292 g/mol. The molecule has 1 aromatic heterocycles. The van der Waals surface area contributed by atoms with E-state index in [1.165, 1.54) is 0 Å². The first-order valence-corrected chi connectivity index (χ1v) is 6.75. The maximum atomic E-state index is 12.0. The Morgan fingerprint density at radius 2 is 1.90 bits per heavy atom. The molecule has 5 heteroatoms. The summed E-state index contributed by atoms with van der Waals surface area (Å²) in [4.78, 5) is 12.0. The molecule has 0 atom stereocenters. The Morgan fingerprint density at radius 1 is 1.25 bits per heavy atom. The van der Waals surface area contributed by atoms with E-state index in [-0.39, 0.29) is 5.43 Å². The van der Waals surface area contributed by atoms with Crippen molar-refractivity contribution in [1.82, 2.24) is 9.78 Å². The van der Waals surface area contributed by atoms with Gasteiger partial charge in [-0.3, -0.25) is 4.79 Å². The summed E-state index contributed by atoms with van der Waals surface area (Å²) in [6, 6.07) is 7.11. The van der Waals surface area contributed by atoms with E-state index in [0.29, 0.717) is 10.7 Å². The van der Waals surface area contributed by atoms with Crippen LogP contribution in [0.2, 0.25) is 5.02 Å². The van der Waals surface area contributed by atoms with E-state index in [0.717, 1.165) is 16.9 Å². The second kappa shape index (κ2) is 5.04. The average Bonchev–Trinajstić information content (AvgIpc) is 2.28. The number of rotatable bonds is 2. The van der Waals surface area contributed by atoms with Crippen LogP contribution >= 0.6 is 11.6 Å². The number of aromatic nitrogens is 2. The van der Waals surface area contributed by atoms with Gasteiger partial charge < -0.3 is 5.73 Å². The van der Waals surface area contributed by atoms with E-state index in [4.69, 9.17) is 17.3 Å². The molecule has 0 aliphatic rings. The van der Waals surface area contributed by atoms with Crippen LogP contribution in [0.15, 0.2) is 29.1 Å². The SMILES string of the molecule is Cc1cc(Cl)ccc1-n1nc(C(C)(C)N)c(=O)cc1C. The first kappa shape index (κ1) is 14.8. The number of nitrogens with two attached hydrogens (primary N) is 1. The molecule has 0 spiro atoms. The largest absolute Gasteiger partial charge is 0.320 e. The maximum Gasteiger partial charge on any atom is 0.205 e. The van der Waals surface area contributed by atoms with Gasteiger partial charge in [-0.15, -0.1) is 0 Å².